The highest BCUT2D eigenvalue weighted by Crippen LogP contribution is 2.40. The first-order chi connectivity index (χ1) is 61.4. The number of carbonyl (C=O) groups is 5. The minimum Gasteiger partial charge on any atom is -0.452 e. The zero-order valence-electron chi connectivity index (χ0n) is 72.9. The number of rotatable bonds is 71. The van der Waals surface area contributed by atoms with Crippen molar-refractivity contribution < 1.29 is 164 Å². The lowest BCUT2D eigenvalue weighted by Gasteiger charge is -2.42. The maximum absolute atomic E-state index is 13.0. The van der Waals surface area contributed by atoms with Gasteiger partial charge in [0, 0.05) is 34.2 Å². The maximum atomic E-state index is 13.0. The summed E-state index contributed by atoms with van der Waals surface area (Å²) >= 11 is 0. The number of ether oxygens (including phenoxy) is 22. The van der Waals surface area contributed by atoms with Crippen LogP contribution in [0.5, 0.6) is 0 Å². The van der Waals surface area contributed by atoms with E-state index < -0.39 is 138 Å². The van der Waals surface area contributed by atoms with Gasteiger partial charge in [-0.15, -0.1) is 15.3 Å². The largest absolute Gasteiger partial charge is 0.452 e. The Bertz CT molecular complexity index is 3320. The summed E-state index contributed by atoms with van der Waals surface area (Å²) in [6.45, 7) is 12.0. The van der Waals surface area contributed by atoms with Gasteiger partial charge in [-0.25, -0.2) is 14.0 Å². The number of hydrogen-bond donors (Lipinski definition) is 13. The number of hydrogen-bond acceptors (Lipinski definition) is 42. The first-order valence-electron chi connectivity index (χ1n) is 43.2. The van der Waals surface area contributed by atoms with Crippen molar-refractivity contribution in [3.05, 3.63) is 35.7 Å². The van der Waals surface area contributed by atoms with E-state index in [1.807, 2.05) is 0 Å². The van der Waals surface area contributed by atoms with Gasteiger partial charge in [0.15, 0.2) is 25.0 Å². The van der Waals surface area contributed by atoms with Crippen molar-refractivity contribution in [2.45, 2.75) is 220 Å². The van der Waals surface area contributed by atoms with Crippen molar-refractivity contribution in [2.75, 3.05) is 211 Å². The van der Waals surface area contributed by atoms with Gasteiger partial charge >= 0.3 is 5.97 Å². The van der Waals surface area contributed by atoms with Crippen LogP contribution in [0.1, 0.15) is 89.7 Å². The molecule has 4 amide bonds. The molecule has 17 atom stereocenters. The first-order valence-corrected chi connectivity index (χ1v) is 43.2. The van der Waals surface area contributed by atoms with E-state index in [-0.39, 0.29) is 165 Å². The second kappa shape index (κ2) is 55.8. The predicted molar refractivity (Wildman–Crippen MR) is 430 cm³/mol. The summed E-state index contributed by atoms with van der Waals surface area (Å²) < 4.78 is 132. The van der Waals surface area contributed by atoms with E-state index in [0.29, 0.717) is 148 Å². The van der Waals surface area contributed by atoms with Crippen molar-refractivity contribution in [1.82, 2.24) is 71.6 Å². The summed E-state index contributed by atoms with van der Waals surface area (Å²) in [5, 5.41) is 116. The molecule has 6 bridgehead atoms. The van der Waals surface area contributed by atoms with Crippen molar-refractivity contribution in [1.29, 1.82) is 0 Å². The standard InChI is InChI=1S/C78H133N15O34/c1-53(94)81-62-65(99)68(102)76(50-121-72(62)125-76)47-115-35-32-112-29-26-109-23-20-106-17-14-91-38-57(85-88-91)41-118-44-75(84-61(98)11-6-5-9-13-80-71(105)60(124-56(4)97)10-7-8-12-79,45-119-42-58-39-92(89-86-58)15-18-107-21-24-110-27-30-113-33-36-116-48-77-51-122-73(126-77)63(82-54(2)95)66(100)69(77)103)46-120-43-59-40-93(90-87-59)16-19-108-22-25-111-28-31-114-34-37-117-49-78-52-123-74(127-78)64(83-55(3)96)67(101)70(78)104/h38-40,60-70,72-74,84,98-104H,5-37,41-52,79H2,1-4H3,(H,80,105)(H,81,94)(H,82,95)(H,83,96)/t60?,61?,62-,63-,64-,65-,66-,67-,68-,69-,70-,72+,73+,74+,76+,77+,78+/m1/s1. The fraction of sp³-hybridized carbons (Fsp3) is 0.859. The van der Waals surface area contributed by atoms with E-state index in [9.17, 15) is 59.7 Å². The van der Waals surface area contributed by atoms with Gasteiger partial charge in [-0.2, -0.15) is 0 Å². The molecule has 9 rings (SSSR count). The molecule has 49 nitrogen and oxygen atoms in total. The SMILES string of the molecule is CC(=O)N[C@H]1[C@H]2OC[C@](COCCOCCOCCOCCn3cc(COCC(COCc4cn(CCOCCOCCOCCOC[C@@]56CO[C@@H](O5)[C@H](NC(C)=O)[C@@H](O)[C@H]6O)nn4)(COCc4cn(CCOCCOCCOCCOC[C@@]56CO[C@@H](O5)[C@H](NC(C)=O)[C@@H](O)[C@H]6O)nn4)NC(O)CCCCCNC(=O)C(CCCCN)OC(C)=O)nn3)(O2)[C@H](O)[C@@H]1O. The van der Waals surface area contributed by atoms with Gasteiger partial charge in [0.05, 0.1) is 262 Å². The molecule has 6 saturated heterocycles. The molecule has 6 aliphatic rings. The summed E-state index contributed by atoms with van der Waals surface area (Å²) in [6, 6.07) is -2.74. The number of unbranched alkanes of at least 4 members (excludes halogenated alkanes) is 3. The lowest BCUT2D eigenvalue weighted by molar-refractivity contribution is -0.238. The Morgan fingerprint density at radius 1 is 0.441 bits per heavy atom. The zero-order chi connectivity index (χ0) is 90.7. The third-order valence-electron chi connectivity index (χ3n) is 21.1. The van der Waals surface area contributed by atoms with E-state index in [2.05, 4.69) is 57.5 Å². The highest BCUT2D eigenvalue weighted by atomic mass is 16.8. The average Bonchev–Trinajstić information content (AvgIpc) is 1.62. The minimum absolute atomic E-state index is 0.0114. The number of aliphatic hydroxyl groups is 7. The summed E-state index contributed by atoms with van der Waals surface area (Å²) in [5.74, 6) is -2.14. The normalized spacial score (nSPS) is 26.0. The summed E-state index contributed by atoms with van der Waals surface area (Å²) in [4.78, 5) is 59.7. The minimum atomic E-state index is -1.35. The number of fused-ring (bicyclic) bond motifs is 6. The lowest BCUT2D eigenvalue weighted by Crippen LogP contribution is -2.66. The molecule has 3 aromatic rings. The Hall–Kier alpha value is -6.43. The topological polar surface area (TPSA) is 608 Å². The number of nitrogens with zero attached hydrogens (tertiary/aromatic N) is 9. The Kier molecular flexibility index (Phi) is 45.8. The zero-order valence-corrected chi connectivity index (χ0v) is 72.9. The Morgan fingerprint density at radius 2 is 0.756 bits per heavy atom. The summed E-state index contributed by atoms with van der Waals surface area (Å²) in [5.41, 5.74) is 2.05. The van der Waals surface area contributed by atoms with Crippen LogP contribution in [0.4, 0.5) is 0 Å². The highest BCUT2D eigenvalue weighted by Gasteiger charge is 2.62. The van der Waals surface area contributed by atoms with Crippen LogP contribution in [0.2, 0.25) is 0 Å². The molecule has 6 fully saturated rings. The van der Waals surface area contributed by atoms with E-state index in [0.717, 1.165) is 0 Å². The van der Waals surface area contributed by atoms with E-state index in [4.69, 9.17) is 110 Å². The first kappa shape index (κ1) is 104. The number of aromatic nitrogens is 9. The molecule has 49 heteroatoms. The highest BCUT2D eigenvalue weighted by molar-refractivity contribution is 5.83. The number of nitrogens with one attached hydrogen (secondary N) is 5. The van der Waals surface area contributed by atoms with Crippen molar-refractivity contribution in [2.24, 2.45) is 5.73 Å². The molecule has 3 aromatic heterocycles. The fourth-order valence-electron chi connectivity index (χ4n) is 14.6. The van der Waals surface area contributed by atoms with Crippen LogP contribution in [0, 0.1) is 0 Å². The van der Waals surface area contributed by atoms with Crippen LogP contribution in [0.25, 0.3) is 0 Å². The van der Waals surface area contributed by atoms with E-state index in [1.54, 1.807) is 32.6 Å². The molecule has 6 aliphatic heterocycles. The third-order valence-corrected chi connectivity index (χ3v) is 21.1. The van der Waals surface area contributed by atoms with Gasteiger partial charge in [0.25, 0.3) is 5.91 Å². The number of amides is 4. The van der Waals surface area contributed by atoms with Crippen LogP contribution >= 0.6 is 0 Å². The summed E-state index contributed by atoms with van der Waals surface area (Å²) in [7, 11) is 0. The fourth-order valence-corrected chi connectivity index (χ4v) is 14.6. The molecular weight excluding hydrogens is 1690 g/mol. The number of nitrogens with two attached hydrogens (primary N) is 1. The number of aliphatic hydroxyl groups excluding tert-OH is 7. The van der Waals surface area contributed by atoms with Crippen LogP contribution in [-0.4, -0.2) is 430 Å². The molecule has 2 unspecified atom stereocenters. The van der Waals surface area contributed by atoms with Gasteiger partial charge in [-0.3, -0.25) is 29.3 Å². The van der Waals surface area contributed by atoms with Crippen LogP contribution in [0.3, 0.4) is 0 Å². The smallest absolute Gasteiger partial charge is 0.303 e. The quantitative estimate of drug-likeness (QED) is 0.0142. The van der Waals surface area contributed by atoms with Crippen molar-refractivity contribution in [3.63, 3.8) is 0 Å². The van der Waals surface area contributed by atoms with E-state index >= 15 is 0 Å². The third kappa shape index (κ3) is 34.6. The molecule has 724 valence electrons. The van der Waals surface area contributed by atoms with Crippen LogP contribution in [0.15, 0.2) is 18.6 Å². The Balaban J connectivity index is 0.711. The molecule has 0 aromatic carbocycles. The molecular formula is C78H133N15O34. The van der Waals surface area contributed by atoms with Gasteiger partial charge in [0.2, 0.25) is 17.7 Å². The molecule has 0 saturated carbocycles. The monoisotopic (exact) mass is 1820 g/mol. The van der Waals surface area contributed by atoms with Gasteiger partial charge in [0.1, 0.15) is 94.9 Å². The molecule has 0 spiro atoms. The maximum Gasteiger partial charge on any atom is 0.303 e. The second-order valence-corrected chi connectivity index (χ2v) is 31.6. The summed E-state index contributed by atoms with van der Waals surface area (Å²) in [6.07, 6.45) is -3.99. The van der Waals surface area contributed by atoms with Gasteiger partial charge in [-0.1, -0.05) is 22.1 Å². The predicted octanol–water partition coefficient (Wildman–Crippen LogP) is -6.95. The Morgan fingerprint density at radius 3 is 1.07 bits per heavy atom. The van der Waals surface area contributed by atoms with Crippen molar-refractivity contribution >= 4 is 29.6 Å². The van der Waals surface area contributed by atoms with Crippen LogP contribution in [-0.2, 0) is 168 Å². The molecule has 127 heavy (non-hydrogen) atoms. The van der Waals surface area contributed by atoms with Crippen molar-refractivity contribution in [3.8, 4) is 0 Å². The molecule has 0 aliphatic carbocycles. The Labute approximate surface area is 735 Å². The molecule has 14 N–H and O–H groups in total. The molecule has 9 heterocycles. The number of esters is 1. The second-order valence-electron chi connectivity index (χ2n) is 31.6. The molecule has 0 radical (unpaired) electrons. The van der Waals surface area contributed by atoms with Gasteiger partial charge < -0.3 is 167 Å². The van der Waals surface area contributed by atoms with Gasteiger partial charge in [-0.05, 0) is 45.1 Å². The van der Waals surface area contributed by atoms with Crippen LogP contribution < -0.4 is 32.3 Å². The average molecular weight is 1820 g/mol. The van der Waals surface area contributed by atoms with E-state index in [1.165, 1.54) is 27.7 Å². The number of carbonyl (C=O) groups excluding carboxylic acids is 5. The lowest BCUT2D eigenvalue weighted by atomic mass is 9.88.